The first-order valence-electron chi connectivity index (χ1n) is 13.9. The van der Waals surface area contributed by atoms with Crippen molar-refractivity contribution >= 4 is 52.0 Å². The van der Waals surface area contributed by atoms with Crippen LogP contribution in [-0.2, 0) is 14.3 Å². The Bertz CT molecular complexity index is 1270. The number of carbonyl (C=O) groups excluding carboxylic acids is 3. The van der Waals surface area contributed by atoms with Crippen LogP contribution in [0.3, 0.4) is 0 Å². The standard InChI is InChI=1S/C29H37ClF2N4O5S/c1-29(2,3)17-35(15-18-5-4-6-18)21(14-33-27(39)23-9-10-24(30)42-23)26(38)34-20-8-7-19(13-22(20)41-28(31)32)36-11-12-40-16-25(36)37/h7-10,13,18,21,28H,4-6,11-12,14-17H2,1-3H3,(H,33,39)(H,34,38)/t21-/m1/s1. The second-order valence-corrected chi connectivity index (χ2v) is 13.5. The smallest absolute Gasteiger partial charge is 0.387 e. The van der Waals surface area contributed by atoms with Gasteiger partial charge >= 0.3 is 6.61 Å². The number of nitrogens with zero attached hydrogens (tertiary/aromatic N) is 2. The van der Waals surface area contributed by atoms with Crippen LogP contribution in [-0.4, -0.2) is 74.7 Å². The third-order valence-electron chi connectivity index (χ3n) is 7.13. The number of carbonyl (C=O) groups is 3. The molecule has 1 saturated heterocycles. The van der Waals surface area contributed by atoms with Crippen LogP contribution in [0.15, 0.2) is 30.3 Å². The predicted octanol–water partition coefficient (Wildman–Crippen LogP) is 5.25. The quantitative estimate of drug-likeness (QED) is 0.334. The van der Waals surface area contributed by atoms with E-state index >= 15 is 0 Å². The zero-order valence-corrected chi connectivity index (χ0v) is 25.5. The number of halogens is 3. The minimum Gasteiger partial charge on any atom is -0.433 e. The molecule has 4 rings (SSSR count). The Morgan fingerprint density at radius 3 is 2.60 bits per heavy atom. The lowest BCUT2D eigenvalue weighted by molar-refractivity contribution is -0.125. The Morgan fingerprint density at radius 1 is 1.24 bits per heavy atom. The molecule has 1 aliphatic heterocycles. The maximum Gasteiger partial charge on any atom is 0.387 e. The van der Waals surface area contributed by atoms with E-state index in [1.165, 1.54) is 17.0 Å². The monoisotopic (exact) mass is 626 g/mol. The first-order chi connectivity index (χ1) is 19.9. The highest BCUT2D eigenvalue weighted by atomic mass is 35.5. The maximum atomic E-state index is 13.9. The molecular weight excluding hydrogens is 590 g/mol. The first kappa shape index (κ1) is 32.1. The molecule has 230 valence electrons. The van der Waals surface area contributed by atoms with Crippen LogP contribution in [0.5, 0.6) is 5.75 Å². The van der Waals surface area contributed by atoms with Crippen molar-refractivity contribution in [2.75, 3.05) is 49.6 Å². The number of morpholine rings is 1. The van der Waals surface area contributed by atoms with Gasteiger partial charge in [0.2, 0.25) is 5.91 Å². The highest BCUT2D eigenvalue weighted by Crippen LogP contribution is 2.33. The average Bonchev–Trinajstić information content (AvgIpc) is 3.32. The Balaban J connectivity index is 1.60. The number of benzene rings is 1. The van der Waals surface area contributed by atoms with Gasteiger partial charge in [0.1, 0.15) is 12.6 Å². The molecule has 2 aromatic rings. The molecule has 2 N–H and O–H groups in total. The van der Waals surface area contributed by atoms with Gasteiger partial charge in [-0.25, -0.2) is 0 Å². The summed E-state index contributed by atoms with van der Waals surface area (Å²) in [7, 11) is 0. The number of rotatable bonds is 12. The summed E-state index contributed by atoms with van der Waals surface area (Å²) in [6, 6.07) is 6.76. The topological polar surface area (TPSA) is 100 Å². The minimum absolute atomic E-state index is 0.00557. The van der Waals surface area contributed by atoms with Gasteiger partial charge in [0, 0.05) is 37.9 Å². The van der Waals surface area contributed by atoms with Gasteiger partial charge in [-0.2, -0.15) is 8.78 Å². The number of nitrogens with one attached hydrogen (secondary N) is 2. The molecule has 0 radical (unpaired) electrons. The van der Waals surface area contributed by atoms with Gasteiger partial charge in [-0.3, -0.25) is 19.3 Å². The lowest BCUT2D eigenvalue weighted by Gasteiger charge is -2.40. The van der Waals surface area contributed by atoms with Gasteiger partial charge in [0.25, 0.3) is 11.8 Å². The van der Waals surface area contributed by atoms with Crippen LogP contribution in [0.1, 0.15) is 49.7 Å². The molecule has 0 spiro atoms. The zero-order chi connectivity index (χ0) is 30.4. The van der Waals surface area contributed by atoms with Crippen LogP contribution in [0, 0.1) is 11.3 Å². The SMILES string of the molecule is CC(C)(C)CN(CC1CCC1)[C@H](CNC(=O)c1ccc(Cl)s1)C(=O)Nc1ccc(N2CCOCC2=O)cc1OC(F)F. The van der Waals surface area contributed by atoms with Crippen molar-refractivity contribution in [3.05, 3.63) is 39.5 Å². The molecule has 42 heavy (non-hydrogen) atoms. The summed E-state index contributed by atoms with van der Waals surface area (Å²) in [5, 5.41) is 5.63. The van der Waals surface area contributed by atoms with Crippen LogP contribution in [0.2, 0.25) is 4.34 Å². The van der Waals surface area contributed by atoms with Crippen LogP contribution in [0.4, 0.5) is 20.2 Å². The molecule has 1 aromatic heterocycles. The lowest BCUT2D eigenvalue weighted by Crippen LogP contribution is -2.54. The second-order valence-electron chi connectivity index (χ2n) is 11.8. The summed E-state index contributed by atoms with van der Waals surface area (Å²) < 4.78 is 37.2. The van der Waals surface area contributed by atoms with E-state index in [1.807, 2.05) is 0 Å². The third kappa shape index (κ3) is 8.85. The number of ether oxygens (including phenoxy) is 2. The molecule has 2 heterocycles. The third-order valence-corrected chi connectivity index (χ3v) is 8.36. The molecule has 1 saturated carbocycles. The lowest BCUT2D eigenvalue weighted by atomic mass is 9.84. The number of amides is 3. The molecule has 3 amide bonds. The number of thiophene rings is 1. The number of hydrogen-bond acceptors (Lipinski definition) is 7. The van der Waals surface area contributed by atoms with Crippen molar-refractivity contribution < 1.29 is 32.6 Å². The van der Waals surface area contributed by atoms with Crippen LogP contribution >= 0.6 is 22.9 Å². The van der Waals surface area contributed by atoms with Gasteiger partial charge in [-0.15, -0.1) is 11.3 Å². The summed E-state index contributed by atoms with van der Waals surface area (Å²) in [5.41, 5.74) is 0.226. The van der Waals surface area contributed by atoms with Crippen molar-refractivity contribution in [3.8, 4) is 5.75 Å². The second kappa shape index (κ2) is 14.1. The van der Waals surface area contributed by atoms with Gasteiger partial charge < -0.3 is 25.0 Å². The summed E-state index contributed by atoms with van der Waals surface area (Å²) in [6.07, 6.45) is 3.25. The van der Waals surface area contributed by atoms with Gasteiger partial charge in [0.15, 0.2) is 5.75 Å². The summed E-state index contributed by atoms with van der Waals surface area (Å²) in [6.45, 7) is 4.75. The fourth-order valence-corrected chi connectivity index (χ4v) is 5.96. The molecule has 2 fully saturated rings. The van der Waals surface area contributed by atoms with Gasteiger partial charge in [0.05, 0.1) is 21.5 Å². The summed E-state index contributed by atoms with van der Waals surface area (Å²) in [5.74, 6) is -0.981. The number of anilines is 2. The van der Waals surface area contributed by atoms with Crippen molar-refractivity contribution in [1.29, 1.82) is 0 Å². The van der Waals surface area contributed by atoms with E-state index in [4.69, 9.17) is 21.1 Å². The highest BCUT2D eigenvalue weighted by molar-refractivity contribution is 7.18. The number of alkyl halides is 2. The molecule has 13 heteroatoms. The van der Waals surface area contributed by atoms with Crippen molar-refractivity contribution in [3.63, 3.8) is 0 Å². The van der Waals surface area contributed by atoms with E-state index in [9.17, 15) is 23.2 Å². The molecule has 0 unspecified atom stereocenters. The first-order valence-corrected chi connectivity index (χ1v) is 15.1. The molecule has 9 nitrogen and oxygen atoms in total. The normalized spacial score (nSPS) is 16.9. The molecule has 0 bridgehead atoms. The molecule has 1 aliphatic carbocycles. The Hall–Kier alpha value is -2.80. The van der Waals surface area contributed by atoms with E-state index in [2.05, 4.69) is 36.3 Å². The molecule has 1 atom stereocenters. The Kier molecular flexibility index (Phi) is 10.8. The summed E-state index contributed by atoms with van der Waals surface area (Å²) >= 11 is 7.14. The molecule has 1 aromatic carbocycles. The van der Waals surface area contributed by atoms with Crippen molar-refractivity contribution in [2.24, 2.45) is 11.3 Å². The average molecular weight is 627 g/mol. The fraction of sp³-hybridized carbons (Fsp3) is 0.552. The predicted molar refractivity (Wildman–Crippen MR) is 159 cm³/mol. The minimum atomic E-state index is -3.15. The fourth-order valence-electron chi connectivity index (χ4n) is 5.00. The van der Waals surface area contributed by atoms with Gasteiger partial charge in [-0.05, 0) is 48.4 Å². The van der Waals surface area contributed by atoms with E-state index < -0.39 is 18.6 Å². The Labute approximate surface area is 253 Å². The maximum absolute atomic E-state index is 13.9. The van der Waals surface area contributed by atoms with E-state index in [-0.39, 0.29) is 48.4 Å². The molecular formula is C29H37ClF2N4O5S. The van der Waals surface area contributed by atoms with Crippen LogP contribution < -0.4 is 20.3 Å². The van der Waals surface area contributed by atoms with Crippen molar-refractivity contribution in [2.45, 2.75) is 52.7 Å². The largest absolute Gasteiger partial charge is 0.433 e. The molecule has 2 aliphatic rings. The van der Waals surface area contributed by atoms with Crippen LogP contribution in [0.25, 0.3) is 0 Å². The zero-order valence-electron chi connectivity index (χ0n) is 24.0. The summed E-state index contributed by atoms with van der Waals surface area (Å²) in [4.78, 5) is 43.0. The van der Waals surface area contributed by atoms with E-state index in [0.717, 1.165) is 30.6 Å². The van der Waals surface area contributed by atoms with Gasteiger partial charge in [-0.1, -0.05) is 38.8 Å². The highest BCUT2D eigenvalue weighted by Gasteiger charge is 2.34. The Morgan fingerprint density at radius 2 is 2.00 bits per heavy atom. The van der Waals surface area contributed by atoms with E-state index in [1.54, 1.807) is 18.2 Å². The van der Waals surface area contributed by atoms with Crippen molar-refractivity contribution in [1.82, 2.24) is 10.2 Å². The van der Waals surface area contributed by atoms with E-state index in [0.29, 0.717) is 40.5 Å². The number of hydrogen-bond donors (Lipinski definition) is 2.